The van der Waals surface area contributed by atoms with Crippen molar-refractivity contribution in [3.05, 3.63) is 45.6 Å². The first-order valence-electron chi connectivity index (χ1n) is 4.79. The van der Waals surface area contributed by atoms with Gasteiger partial charge in [0, 0.05) is 5.56 Å². The van der Waals surface area contributed by atoms with Crippen molar-refractivity contribution in [1.82, 2.24) is 9.78 Å². The summed E-state index contributed by atoms with van der Waals surface area (Å²) in [6.07, 6.45) is 1.74. The van der Waals surface area contributed by atoms with Crippen molar-refractivity contribution in [3.8, 4) is 0 Å². The van der Waals surface area contributed by atoms with E-state index in [1.165, 1.54) is 0 Å². The maximum Gasteiger partial charge on any atom is 0.124 e. The van der Waals surface area contributed by atoms with E-state index in [4.69, 9.17) is 28.9 Å². The molecule has 0 unspecified atom stereocenters. The Morgan fingerprint density at radius 3 is 2.62 bits per heavy atom. The van der Waals surface area contributed by atoms with Gasteiger partial charge in [-0.15, -0.1) is 0 Å². The molecule has 2 rings (SSSR count). The van der Waals surface area contributed by atoms with E-state index < -0.39 is 0 Å². The van der Waals surface area contributed by atoms with Gasteiger partial charge in [0.2, 0.25) is 0 Å². The third-order valence-corrected chi connectivity index (χ3v) is 3.13. The first kappa shape index (κ1) is 11.3. The number of aryl methyl sites for hydroxylation is 1. The van der Waals surface area contributed by atoms with Gasteiger partial charge in [-0.1, -0.05) is 29.3 Å². The second-order valence-corrected chi connectivity index (χ2v) is 4.43. The summed E-state index contributed by atoms with van der Waals surface area (Å²) in [6.45, 7) is 2.52. The maximum atomic E-state index is 5.93. The number of nitrogens with zero attached hydrogens (tertiary/aromatic N) is 2. The zero-order chi connectivity index (χ0) is 11.7. The molecule has 2 aromatic rings. The molecule has 2 N–H and O–H groups in total. The van der Waals surface area contributed by atoms with Crippen LogP contribution in [0, 0.1) is 6.92 Å². The molecule has 0 fully saturated rings. The number of nitrogens with two attached hydrogens (primary N) is 1. The molecular formula is C11H11Cl2N3. The smallest absolute Gasteiger partial charge is 0.124 e. The Morgan fingerprint density at radius 2 is 2.06 bits per heavy atom. The van der Waals surface area contributed by atoms with Gasteiger partial charge in [-0.2, -0.15) is 5.10 Å². The largest absolute Gasteiger partial charge is 0.384 e. The fourth-order valence-corrected chi connectivity index (χ4v) is 1.75. The number of hydrogen-bond acceptors (Lipinski definition) is 2. The van der Waals surface area contributed by atoms with Crippen molar-refractivity contribution in [2.24, 2.45) is 0 Å². The molecule has 84 valence electrons. The van der Waals surface area contributed by atoms with Crippen LogP contribution < -0.4 is 5.73 Å². The fourth-order valence-electron chi connectivity index (χ4n) is 1.43. The standard InChI is InChI=1S/C11H11Cl2N3/c1-7-5-15-16(11(7)14)6-8-2-3-9(12)10(13)4-8/h2-5H,6,14H2,1H3. The van der Waals surface area contributed by atoms with Gasteiger partial charge in [0.15, 0.2) is 0 Å². The molecule has 1 aromatic carbocycles. The summed E-state index contributed by atoms with van der Waals surface area (Å²) >= 11 is 11.8. The maximum absolute atomic E-state index is 5.93. The minimum atomic E-state index is 0.543. The average Bonchev–Trinajstić information content (AvgIpc) is 2.55. The zero-order valence-electron chi connectivity index (χ0n) is 8.74. The van der Waals surface area contributed by atoms with Crippen LogP contribution >= 0.6 is 23.2 Å². The van der Waals surface area contributed by atoms with Gasteiger partial charge in [-0.05, 0) is 24.6 Å². The Hall–Kier alpha value is -1.19. The lowest BCUT2D eigenvalue weighted by atomic mass is 10.2. The van der Waals surface area contributed by atoms with Gasteiger partial charge in [-0.25, -0.2) is 4.68 Å². The summed E-state index contributed by atoms with van der Waals surface area (Å²) in [6, 6.07) is 5.50. The molecule has 0 amide bonds. The number of aromatic nitrogens is 2. The third kappa shape index (κ3) is 2.15. The second kappa shape index (κ2) is 4.36. The highest BCUT2D eigenvalue weighted by Gasteiger charge is 2.05. The van der Waals surface area contributed by atoms with Crippen molar-refractivity contribution in [2.75, 3.05) is 5.73 Å². The number of hydrogen-bond donors (Lipinski definition) is 1. The SMILES string of the molecule is Cc1cnn(Cc2ccc(Cl)c(Cl)c2)c1N. The molecular weight excluding hydrogens is 245 g/mol. The highest BCUT2D eigenvalue weighted by molar-refractivity contribution is 6.42. The monoisotopic (exact) mass is 255 g/mol. The Labute approximate surface area is 104 Å². The van der Waals surface area contributed by atoms with Crippen LogP contribution in [0.3, 0.4) is 0 Å². The second-order valence-electron chi connectivity index (χ2n) is 3.62. The quantitative estimate of drug-likeness (QED) is 0.897. The number of rotatable bonds is 2. The van der Waals surface area contributed by atoms with Crippen molar-refractivity contribution >= 4 is 29.0 Å². The molecule has 5 heteroatoms. The first-order valence-corrected chi connectivity index (χ1v) is 5.55. The van der Waals surface area contributed by atoms with E-state index in [9.17, 15) is 0 Å². The summed E-state index contributed by atoms with van der Waals surface area (Å²) < 4.78 is 1.73. The Bertz CT molecular complexity index is 520. The first-order chi connectivity index (χ1) is 7.58. The van der Waals surface area contributed by atoms with Gasteiger partial charge in [0.05, 0.1) is 22.8 Å². The molecule has 0 saturated heterocycles. The number of anilines is 1. The highest BCUT2D eigenvalue weighted by Crippen LogP contribution is 2.23. The molecule has 0 atom stereocenters. The van der Waals surface area contributed by atoms with Crippen molar-refractivity contribution in [3.63, 3.8) is 0 Å². The lowest BCUT2D eigenvalue weighted by Gasteiger charge is -2.05. The van der Waals surface area contributed by atoms with E-state index in [2.05, 4.69) is 5.10 Å². The molecule has 0 spiro atoms. The van der Waals surface area contributed by atoms with Crippen LogP contribution in [0.25, 0.3) is 0 Å². The van der Waals surface area contributed by atoms with Crippen LogP contribution in [0.1, 0.15) is 11.1 Å². The summed E-state index contributed by atoms with van der Waals surface area (Å²) in [5, 5.41) is 5.27. The van der Waals surface area contributed by atoms with E-state index >= 15 is 0 Å². The molecule has 3 nitrogen and oxygen atoms in total. The number of halogens is 2. The summed E-state index contributed by atoms with van der Waals surface area (Å²) in [7, 11) is 0. The van der Waals surface area contributed by atoms with Crippen LogP contribution in [0.4, 0.5) is 5.82 Å². The van der Waals surface area contributed by atoms with Gasteiger partial charge in [0.1, 0.15) is 5.82 Å². The lowest BCUT2D eigenvalue weighted by molar-refractivity contribution is 0.697. The average molecular weight is 256 g/mol. The molecule has 1 aromatic heterocycles. The van der Waals surface area contributed by atoms with Gasteiger partial charge in [-0.3, -0.25) is 0 Å². The van der Waals surface area contributed by atoms with E-state index in [1.807, 2.05) is 19.1 Å². The van der Waals surface area contributed by atoms with Crippen LogP contribution in [0.5, 0.6) is 0 Å². The molecule has 0 bridgehead atoms. The van der Waals surface area contributed by atoms with E-state index in [1.54, 1.807) is 16.9 Å². The molecule has 0 radical (unpaired) electrons. The topological polar surface area (TPSA) is 43.8 Å². The molecule has 0 aliphatic heterocycles. The van der Waals surface area contributed by atoms with E-state index in [-0.39, 0.29) is 0 Å². The molecule has 0 saturated carbocycles. The van der Waals surface area contributed by atoms with Crippen LogP contribution in [0.15, 0.2) is 24.4 Å². The van der Waals surface area contributed by atoms with E-state index in [0.29, 0.717) is 22.4 Å². The normalized spacial score (nSPS) is 10.7. The van der Waals surface area contributed by atoms with Crippen LogP contribution in [-0.2, 0) is 6.54 Å². The molecule has 1 heterocycles. The summed E-state index contributed by atoms with van der Waals surface area (Å²) in [5.41, 5.74) is 7.85. The van der Waals surface area contributed by atoms with Gasteiger partial charge in [0.25, 0.3) is 0 Å². The number of nitrogen functional groups attached to an aromatic ring is 1. The minimum absolute atomic E-state index is 0.543. The highest BCUT2D eigenvalue weighted by atomic mass is 35.5. The van der Waals surface area contributed by atoms with Crippen LogP contribution in [0.2, 0.25) is 10.0 Å². The van der Waals surface area contributed by atoms with Crippen molar-refractivity contribution in [2.45, 2.75) is 13.5 Å². The minimum Gasteiger partial charge on any atom is -0.384 e. The molecule has 0 aliphatic rings. The predicted octanol–water partition coefficient (Wildman–Crippen LogP) is 3.13. The summed E-state index contributed by atoms with van der Waals surface area (Å²) in [4.78, 5) is 0. The van der Waals surface area contributed by atoms with Gasteiger partial charge >= 0.3 is 0 Å². The van der Waals surface area contributed by atoms with Crippen molar-refractivity contribution < 1.29 is 0 Å². The predicted molar refractivity (Wildman–Crippen MR) is 66.9 cm³/mol. The number of benzene rings is 1. The lowest BCUT2D eigenvalue weighted by Crippen LogP contribution is -2.06. The summed E-state index contributed by atoms with van der Waals surface area (Å²) in [5.74, 6) is 0.672. The van der Waals surface area contributed by atoms with E-state index in [0.717, 1.165) is 11.1 Å². The third-order valence-electron chi connectivity index (χ3n) is 2.39. The fraction of sp³-hybridized carbons (Fsp3) is 0.182. The molecule has 0 aliphatic carbocycles. The molecule has 16 heavy (non-hydrogen) atoms. The zero-order valence-corrected chi connectivity index (χ0v) is 10.3. The Morgan fingerprint density at radius 1 is 1.31 bits per heavy atom. The van der Waals surface area contributed by atoms with Crippen LogP contribution in [-0.4, -0.2) is 9.78 Å². The Balaban J connectivity index is 2.27. The van der Waals surface area contributed by atoms with Crippen molar-refractivity contribution in [1.29, 1.82) is 0 Å². The Kier molecular flexibility index (Phi) is 3.08. The van der Waals surface area contributed by atoms with Gasteiger partial charge < -0.3 is 5.73 Å².